The molecule has 2 aliphatic rings. The molecule has 1 aliphatic carbocycles. The van der Waals surface area contributed by atoms with E-state index in [9.17, 15) is 0 Å². The molecule has 1 aliphatic heterocycles. The molecule has 3 heteroatoms. The Bertz CT molecular complexity index is 2780. The number of ether oxygens (including phenoxy) is 1. The summed E-state index contributed by atoms with van der Waals surface area (Å²) >= 11 is 0. The van der Waals surface area contributed by atoms with Gasteiger partial charge < -0.3 is 14.2 Å². The van der Waals surface area contributed by atoms with Gasteiger partial charge in [-0.1, -0.05) is 127 Å². The average Bonchev–Trinajstić information content (AvgIpc) is 3.70. The largest absolute Gasteiger partial charge is 0.456 e. The fraction of sp³-hybridized carbons (Fsp3) is 0.0204. The Balaban J connectivity index is 1.26. The summed E-state index contributed by atoms with van der Waals surface area (Å²) in [5.41, 5.74) is 13.5. The molecule has 1 spiro atoms. The molecule has 1 atom stereocenters. The van der Waals surface area contributed by atoms with Crippen molar-refractivity contribution in [1.29, 1.82) is 0 Å². The zero-order valence-corrected chi connectivity index (χ0v) is 28.3. The van der Waals surface area contributed by atoms with Gasteiger partial charge in [0.05, 0.1) is 21.8 Å². The minimum Gasteiger partial charge on any atom is -0.456 e. The first kappa shape index (κ1) is 28.9. The van der Waals surface area contributed by atoms with Crippen molar-refractivity contribution in [1.82, 2.24) is 4.57 Å². The van der Waals surface area contributed by atoms with Crippen LogP contribution in [-0.4, -0.2) is 4.57 Å². The van der Waals surface area contributed by atoms with Crippen LogP contribution >= 0.6 is 0 Å². The van der Waals surface area contributed by atoms with Gasteiger partial charge in [-0.2, -0.15) is 0 Å². The Morgan fingerprint density at radius 3 is 1.81 bits per heavy atom. The van der Waals surface area contributed by atoms with E-state index in [1.165, 1.54) is 27.6 Å². The van der Waals surface area contributed by atoms with Crippen LogP contribution in [0.2, 0.25) is 0 Å². The Kier molecular flexibility index (Phi) is 6.17. The first-order valence-corrected chi connectivity index (χ1v) is 17.9. The number of rotatable bonds is 4. The number of hydrogen-bond donors (Lipinski definition) is 0. The molecule has 1 aromatic heterocycles. The number of hydrogen-bond acceptors (Lipinski definition) is 2. The van der Waals surface area contributed by atoms with E-state index in [1.54, 1.807) is 0 Å². The third-order valence-electron chi connectivity index (χ3n) is 11.0. The van der Waals surface area contributed by atoms with Crippen molar-refractivity contribution in [3.05, 3.63) is 216 Å². The molecule has 2 heterocycles. The molecule has 0 amide bonds. The molecule has 9 aromatic rings. The molecule has 0 saturated carbocycles. The molecule has 0 saturated heterocycles. The van der Waals surface area contributed by atoms with Crippen molar-refractivity contribution in [3.8, 4) is 28.3 Å². The van der Waals surface area contributed by atoms with Crippen molar-refractivity contribution in [3.63, 3.8) is 0 Å². The van der Waals surface area contributed by atoms with Crippen LogP contribution in [0.1, 0.15) is 22.3 Å². The summed E-state index contributed by atoms with van der Waals surface area (Å²) < 4.78 is 9.53. The van der Waals surface area contributed by atoms with Gasteiger partial charge in [0.2, 0.25) is 0 Å². The maximum atomic E-state index is 7.16. The van der Waals surface area contributed by atoms with Gasteiger partial charge in [-0.15, -0.1) is 0 Å². The highest BCUT2D eigenvalue weighted by molar-refractivity contribution is 6.13. The Morgan fingerprint density at radius 1 is 0.423 bits per heavy atom. The van der Waals surface area contributed by atoms with Gasteiger partial charge in [-0.25, -0.2) is 0 Å². The van der Waals surface area contributed by atoms with E-state index in [1.807, 2.05) is 0 Å². The van der Waals surface area contributed by atoms with Crippen molar-refractivity contribution in [2.45, 2.75) is 5.41 Å². The summed E-state index contributed by atoms with van der Waals surface area (Å²) in [7, 11) is 0. The number of para-hydroxylation sites is 5. The van der Waals surface area contributed by atoms with Crippen LogP contribution in [-0.2, 0) is 5.41 Å². The second kappa shape index (κ2) is 11.1. The van der Waals surface area contributed by atoms with Crippen LogP contribution in [0.25, 0.3) is 38.6 Å². The Labute approximate surface area is 302 Å². The Hall–Kier alpha value is -6.84. The third kappa shape index (κ3) is 3.91. The zero-order valence-electron chi connectivity index (χ0n) is 28.3. The first-order chi connectivity index (χ1) is 25.8. The minimum atomic E-state index is -0.616. The molecule has 0 bridgehead atoms. The molecule has 3 nitrogen and oxygen atoms in total. The lowest BCUT2D eigenvalue weighted by atomic mass is 9.65. The molecular formula is C49H32N2O. The minimum absolute atomic E-state index is 0.616. The predicted molar refractivity (Wildman–Crippen MR) is 213 cm³/mol. The molecule has 0 N–H and O–H groups in total. The van der Waals surface area contributed by atoms with Crippen LogP contribution in [0, 0.1) is 0 Å². The van der Waals surface area contributed by atoms with Crippen LogP contribution in [0.15, 0.2) is 194 Å². The number of benzene rings is 8. The van der Waals surface area contributed by atoms with Gasteiger partial charge >= 0.3 is 0 Å². The summed E-state index contributed by atoms with van der Waals surface area (Å²) in [6.45, 7) is 0. The fourth-order valence-electron chi connectivity index (χ4n) is 8.99. The van der Waals surface area contributed by atoms with Crippen LogP contribution < -0.4 is 9.64 Å². The smallest absolute Gasteiger partial charge is 0.142 e. The van der Waals surface area contributed by atoms with Gasteiger partial charge in [-0.3, -0.25) is 0 Å². The molecule has 1 unspecified atom stereocenters. The quantitative estimate of drug-likeness (QED) is 0.186. The lowest BCUT2D eigenvalue weighted by Crippen LogP contribution is -2.32. The normalized spacial score (nSPS) is 15.2. The molecule has 52 heavy (non-hydrogen) atoms. The van der Waals surface area contributed by atoms with Gasteiger partial charge in [0.15, 0.2) is 0 Å². The molecule has 11 rings (SSSR count). The van der Waals surface area contributed by atoms with Crippen molar-refractivity contribution in [2.75, 3.05) is 4.90 Å². The van der Waals surface area contributed by atoms with Gasteiger partial charge in [0.1, 0.15) is 11.5 Å². The molecule has 8 aromatic carbocycles. The monoisotopic (exact) mass is 664 g/mol. The van der Waals surface area contributed by atoms with Crippen LogP contribution in [0.4, 0.5) is 17.1 Å². The zero-order chi connectivity index (χ0) is 34.2. The summed E-state index contributed by atoms with van der Waals surface area (Å²) in [6, 6.07) is 70.0. The standard InChI is InChI=1S/C49H32N2O/c1-4-16-33(17-5-1)50(34-18-6-2-7-19-34)36-28-29-38-37-22-10-12-24-40(37)49(43(38)32-36)41-25-13-15-27-46(41)52-48-42(49)30-31-45-47(48)39-23-11-14-26-44(39)51(45)35-20-8-3-9-21-35/h1-32H. The van der Waals surface area contributed by atoms with E-state index in [0.717, 1.165) is 61.8 Å². The van der Waals surface area contributed by atoms with E-state index in [-0.39, 0.29) is 0 Å². The molecular weight excluding hydrogens is 633 g/mol. The SMILES string of the molecule is c1ccc(N(c2ccccc2)c2ccc3c(c2)C2(c4ccccc4Oc4c2ccc2c4c4ccccc4n2-c2ccccc2)c2ccccc2-3)cc1. The average molecular weight is 665 g/mol. The summed E-state index contributed by atoms with van der Waals surface area (Å²) in [4.78, 5) is 2.36. The summed E-state index contributed by atoms with van der Waals surface area (Å²) in [5, 5.41) is 2.30. The molecule has 0 radical (unpaired) electrons. The molecule has 244 valence electrons. The van der Waals surface area contributed by atoms with Crippen LogP contribution in [0.3, 0.4) is 0 Å². The number of anilines is 3. The van der Waals surface area contributed by atoms with E-state index in [2.05, 4.69) is 204 Å². The number of aromatic nitrogens is 1. The maximum absolute atomic E-state index is 7.16. The third-order valence-corrected chi connectivity index (χ3v) is 11.0. The van der Waals surface area contributed by atoms with Crippen molar-refractivity contribution >= 4 is 38.9 Å². The van der Waals surface area contributed by atoms with Crippen molar-refractivity contribution in [2.24, 2.45) is 0 Å². The maximum Gasteiger partial charge on any atom is 0.142 e. The first-order valence-electron chi connectivity index (χ1n) is 17.9. The van der Waals surface area contributed by atoms with Crippen molar-refractivity contribution < 1.29 is 4.74 Å². The molecule has 0 fully saturated rings. The second-order valence-electron chi connectivity index (χ2n) is 13.7. The van der Waals surface area contributed by atoms with E-state index >= 15 is 0 Å². The van der Waals surface area contributed by atoms with E-state index in [4.69, 9.17) is 4.74 Å². The Morgan fingerprint density at radius 2 is 1.04 bits per heavy atom. The lowest BCUT2D eigenvalue weighted by Gasteiger charge is -2.40. The van der Waals surface area contributed by atoms with E-state index in [0.29, 0.717) is 0 Å². The number of fused-ring (bicyclic) bond motifs is 13. The summed E-state index contributed by atoms with van der Waals surface area (Å²) in [6.07, 6.45) is 0. The highest BCUT2D eigenvalue weighted by Gasteiger charge is 2.52. The van der Waals surface area contributed by atoms with Crippen LogP contribution in [0.5, 0.6) is 11.5 Å². The second-order valence-corrected chi connectivity index (χ2v) is 13.7. The fourth-order valence-corrected chi connectivity index (χ4v) is 8.99. The predicted octanol–water partition coefficient (Wildman–Crippen LogP) is 12.7. The highest BCUT2D eigenvalue weighted by Crippen LogP contribution is 2.64. The lowest BCUT2D eigenvalue weighted by molar-refractivity contribution is 0.442. The van der Waals surface area contributed by atoms with Gasteiger partial charge in [-0.05, 0) is 89.0 Å². The van der Waals surface area contributed by atoms with Gasteiger partial charge in [0, 0.05) is 39.3 Å². The number of nitrogens with zero attached hydrogens (tertiary/aromatic N) is 2. The van der Waals surface area contributed by atoms with Gasteiger partial charge in [0.25, 0.3) is 0 Å². The highest BCUT2D eigenvalue weighted by atomic mass is 16.5. The summed E-state index contributed by atoms with van der Waals surface area (Å²) in [5.74, 6) is 1.80. The van der Waals surface area contributed by atoms with E-state index < -0.39 is 5.41 Å². The topological polar surface area (TPSA) is 17.4 Å².